The fourth-order valence-corrected chi connectivity index (χ4v) is 3.28. The van der Waals surface area contributed by atoms with Gasteiger partial charge in [0.15, 0.2) is 0 Å². The molecule has 0 aliphatic heterocycles. The first-order valence-electron chi connectivity index (χ1n) is 6.80. The summed E-state index contributed by atoms with van der Waals surface area (Å²) in [6.07, 6.45) is 0.668. The zero-order chi connectivity index (χ0) is 15.0. The Morgan fingerprint density at radius 3 is 2.95 bits per heavy atom. The molecule has 3 rings (SSSR count). The summed E-state index contributed by atoms with van der Waals surface area (Å²) in [6, 6.07) is 3.82. The van der Waals surface area contributed by atoms with E-state index in [1.165, 1.54) is 4.68 Å². The molecule has 7 heteroatoms. The number of nitrogens with zero attached hydrogens (tertiary/aromatic N) is 3. The highest BCUT2D eigenvalue weighted by atomic mass is 32.1. The van der Waals surface area contributed by atoms with Gasteiger partial charge in [-0.2, -0.15) is 5.10 Å². The Balaban J connectivity index is 2.21. The highest BCUT2D eigenvalue weighted by molar-refractivity contribution is 7.16. The van der Waals surface area contributed by atoms with Gasteiger partial charge in [0, 0.05) is 11.8 Å². The van der Waals surface area contributed by atoms with Gasteiger partial charge < -0.3 is 4.74 Å². The monoisotopic (exact) mass is 305 g/mol. The summed E-state index contributed by atoms with van der Waals surface area (Å²) < 4.78 is 7.96. The summed E-state index contributed by atoms with van der Waals surface area (Å²) in [5.41, 5.74) is 0.275. The van der Waals surface area contributed by atoms with Crippen molar-refractivity contribution in [2.45, 2.75) is 26.8 Å². The van der Waals surface area contributed by atoms with Gasteiger partial charge in [-0.3, -0.25) is 14.0 Å². The minimum atomic E-state index is -0.452. The molecule has 3 aromatic heterocycles. The SMILES string of the molecule is CCOC(=O)Cn1nc(CC)n2c(cc3ccsc32)c1=O. The van der Waals surface area contributed by atoms with Crippen LogP contribution >= 0.6 is 11.3 Å². The predicted octanol–water partition coefficient (Wildman–Crippen LogP) is 1.84. The van der Waals surface area contributed by atoms with Gasteiger partial charge >= 0.3 is 5.97 Å². The largest absolute Gasteiger partial charge is 0.465 e. The molecule has 0 N–H and O–H groups in total. The molecule has 0 aliphatic rings. The van der Waals surface area contributed by atoms with Gasteiger partial charge in [-0.05, 0) is 24.4 Å². The average Bonchev–Trinajstić information content (AvgIpc) is 3.03. The van der Waals surface area contributed by atoms with Gasteiger partial charge in [-0.1, -0.05) is 6.92 Å². The van der Waals surface area contributed by atoms with Gasteiger partial charge in [-0.25, -0.2) is 4.68 Å². The van der Waals surface area contributed by atoms with E-state index in [0.29, 0.717) is 11.9 Å². The minimum absolute atomic E-state index is 0.158. The second-order valence-corrected chi connectivity index (χ2v) is 5.48. The molecule has 3 aromatic rings. The lowest BCUT2D eigenvalue weighted by atomic mass is 10.4. The zero-order valence-corrected chi connectivity index (χ0v) is 12.6. The smallest absolute Gasteiger partial charge is 0.327 e. The van der Waals surface area contributed by atoms with Crippen LogP contribution < -0.4 is 5.56 Å². The Labute approximate surface area is 124 Å². The van der Waals surface area contributed by atoms with Crippen LogP contribution in [-0.4, -0.2) is 26.8 Å². The van der Waals surface area contributed by atoms with Gasteiger partial charge in [0.05, 0.1) is 6.61 Å². The average molecular weight is 305 g/mol. The van der Waals surface area contributed by atoms with Crippen LogP contribution in [-0.2, 0) is 22.5 Å². The number of rotatable bonds is 4. The minimum Gasteiger partial charge on any atom is -0.465 e. The zero-order valence-electron chi connectivity index (χ0n) is 11.8. The maximum Gasteiger partial charge on any atom is 0.327 e. The Kier molecular flexibility index (Phi) is 3.50. The second-order valence-electron chi connectivity index (χ2n) is 4.58. The van der Waals surface area contributed by atoms with Crippen molar-refractivity contribution in [2.24, 2.45) is 0 Å². The number of fused-ring (bicyclic) bond motifs is 3. The van der Waals surface area contributed by atoms with Crippen molar-refractivity contribution in [1.29, 1.82) is 0 Å². The van der Waals surface area contributed by atoms with Crippen molar-refractivity contribution in [3.05, 3.63) is 33.7 Å². The maximum atomic E-state index is 12.5. The number of esters is 1. The molecular weight excluding hydrogens is 290 g/mol. The van der Waals surface area contributed by atoms with Gasteiger partial charge in [0.1, 0.15) is 22.7 Å². The molecular formula is C14H15N3O3S. The van der Waals surface area contributed by atoms with Crippen LogP contribution in [0.3, 0.4) is 0 Å². The Morgan fingerprint density at radius 2 is 2.24 bits per heavy atom. The van der Waals surface area contributed by atoms with Crippen LogP contribution in [0.15, 0.2) is 22.3 Å². The number of carbonyl (C=O) groups excluding carboxylic acids is 1. The van der Waals surface area contributed by atoms with E-state index in [4.69, 9.17) is 4.74 Å². The van der Waals surface area contributed by atoms with Crippen LogP contribution in [0.2, 0.25) is 0 Å². The van der Waals surface area contributed by atoms with Gasteiger partial charge in [0.25, 0.3) is 5.56 Å². The number of hydrogen-bond acceptors (Lipinski definition) is 5. The first-order chi connectivity index (χ1) is 10.2. The molecule has 0 fully saturated rings. The van der Waals surface area contributed by atoms with Crippen LogP contribution in [0.4, 0.5) is 0 Å². The van der Waals surface area contributed by atoms with Crippen LogP contribution in [0.1, 0.15) is 19.7 Å². The first-order valence-corrected chi connectivity index (χ1v) is 7.68. The van der Waals surface area contributed by atoms with Crippen molar-refractivity contribution in [1.82, 2.24) is 14.2 Å². The topological polar surface area (TPSA) is 65.6 Å². The quantitative estimate of drug-likeness (QED) is 0.690. The molecule has 6 nitrogen and oxygen atoms in total. The lowest BCUT2D eigenvalue weighted by Gasteiger charge is -2.09. The van der Waals surface area contributed by atoms with Crippen molar-refractivity contribution in [3.63, 3.8) is 0 Å². The Morgan fingerprint density at radius 1 is 1.43 bits per heavy atom. The van der Waals surface area contributed by atoms with E-state index in [9.17, 15) is 9.59 Å². The third-order valence-corrected chi connectivity index (χ3v) is 4.17. The molecule has 0 aromatic carbocycles. The van der Waals surface area contributed by atoms with E-state index < -0.39 is 5.97 Å². The first kappa shape index (κ1) is 13.8. The molecule has 0 atom stereocenters. The maximum absolute atomic E-state index is 12.5. The number of aromatic nitrogens is 3. The third-order valence-electron chi connectivity index (χ3n) is 3.26. The van der Waals surface area contributed by atoms with E-state index in [0.717, 1.165) is 16.0 Å². The van der Waals surface area contributed by atoms with Crippen molar-refractivity contribution in [2.75, 3.05) is 6.61 Å². The number of ether oxygens (including phenoxy) is 1. The number of hydrogen-bond donors (Lipinski definition) is 0. The molecule has 0 spiro atoms. The highest BCUT2D eigenvalue weighted by Gasteiger charge is 2.16. The molecule has 0 bridgehead atoms. The molecule has 0 amide bonds. The molecule has 0 aliphatic carbocycles. The van der Waals surface area contributed by atoms with Gasteiger partial charge in [-0.15, -0.1) is 11.3 Å². The molecule has 0 saturated carbocycles. The normalized spacial score (nSPS) is 11.3. The number of aryl methyl sites for hydroxylation is 1. The summed E-state index contributed by atoms with van der Waals surface area (Å²) in [7, 11) is 0. The lowest BCUT2D eigenvalue weighted by molar-refractivity contribution is -0.144. The summed E-state index contributed by atoms with van der Waals surface area (Å²) >= 11 is 1.57. The van der Waals surface area contributed by atoms with Crippen molar-refractivity contribution < 1.29 is 9.53 Å². The fraction of sp³-hybridized carbons (Fsp3) is 0.357. The van der Waals surface area contributed by atoms with Crippen LogP contribution in [0, 0.1) is 0 Å². The second kappa shape index (κ2) is 5.33. The third kappa shape index (κ3) is 2.23. The van der Waals surface area contributed by atoms with Crippen LogP contribution in [0.25, 0.3) is 15.7 Å². The van der Waals surface area contributed by atoms with Crippen molar-refractivity contribution in [3.8, 4) is 0 Å². The Hall–Kier alpha value is -2.15. The number of carbonyl (C=O) groups is 1. The summed E-state index contributed by atoms with van der Waals surface area (Å²) in [4.78, 5) is 25.1. The molecule has 0 unspecified atom stereocenters. The standard InChI is InChI=1S/C14H15N3O3S/c1-3-11-15-16(8-12(18)20-4-2)13(19)10-7-9-5-6-21-14(9)17(10)11/h5-7H,3-4,8H2,1-2H3. The Bertz CT molecular complexity index is 875. The lowest BCUT2D eigenvalue weighted by Crippen LogP contribution is -2.30. The molecule has 3 heterocycles. The molecule has 21 heavy (non-hydrogen) atoms. The summed E-state index contributed by atoms with van der Waals surface area (Å²) in [6.45, 7) is 3.84. The molecule has 0 radical (unpaired) electrons. The summed E-state index contributed by atoms with van der Waals surface area (Å²) in [5.74, 6) is 0.304. The summed E-state index contributed by atoms with van der Waals surface area (Å²) in [5, 5.41) is 7.32. The molecule has 0 saturated heterocycles. The van der Waals surface area contributed by atoms with E-state index >= 15 is 0 Å². The van der Waals surface area contributed by atoms with E-state index in [2.05, 4.69) is 5.10 Å². The van der Waals surface area contributed by atoms with Crippen LogP contribution in [0.5, 0.6) is 0 Å². The van der Waals surface area contributed by atoms with E-state index in [1.54, 1.807) is 18.3 Å². The number of thiophene rings is 1. The van der Waals surface area contributed by atoms with Gasteiger partial charge in [0.2, 0.25) is 0 Å². The van der Waals surface area contributed by atoms with E-state index in [1.807, 2.05) is 28.8 Å². The fourth-order valence-electron chi connectivity index (χ4n) is 2.36. The van der Waals surface area contributed by atoms with Crippen molar-refractivity contribution >= 4 is 33.0 Å². The molecule has 110 valence electrons. The van der Waals surface area contributed by atoms with E-state index in [-0.39, 0.29) is 18.7 Å². The highest BCUT2D eigenvalue weighted by Crippen LogP contribution is 2.24. The predicted molar refractivity (Wildman–Crippen MR) is 80.8 cm³/mol.